The molecule has 8 heteroatoms. The second kappa shape index (κ2) is 7.12. The summed E-state index contributed by atoms with van der Waals surface area (Å²) in [7, 11) is -3.78. The van der Waals surface area contributed by atoms with E-state index in [2.05, 4.69) is 4.72 Å². The van der Waals surface area contributed by atoms with Gasteiger partial charge < -0.3 is 5.11 Å². The van der Waals surface area contributed by atoms with Crippen LogP contribution in [0.25, 0.3) is 0 Å². The standard InChI is InChI=1S/C16H14FNO3S3/c17-11-3-1-4-13(9-11)24(20,21)18-10-12-6-7-15(23-12)16(19)14-5-2-8-22-14/h1-9,16,18-19H,10H2. The summed E-state index contributed by atoms with van der Waals surface area (Å²) in [6.45, 7) is 0.0840. The number of benzene rings is 1. The molecular formula is C16H14FNO3S3. The Morgan fingerprint density at radius 1 is 1.12 bits per heavy atom. The van der Waals surface area contributed by atoms with Gasteiger partial charge in [0.25, 0.3) is 0 Å². The lowest BCUT2D eigenvalue weighted by Gasteiger charge is -2.06. The van der Waals surface area contributed by atoms with Crippen LogP contribution in [-0.4, -0.2) is 13.5 Å². The first kappa shape index (κ1) is 17.2. The van der Waals surface area contributed by atoms with Crippen molar-refractivity contribution in [3.8, 4) is 0 Å². The Morgan fingerprint density at radius 2 is 1.96 bits per heavy atom. The number of nitrogens with one attached hydrogen (secondary N) is 1. The van der Waals surface area contributed by atoms with Gasteiger partial charge in [0.05, 0.1) is 4.90 Å². The van der Waals surface area contributed by atoms with Gasteiger partial charge in [0.2, 0.25) is 10.0 Å². The predicted octanol–water partition coefficient (Wildman–Crippen LogP) is 3.51. The first-order valence-corrected chi connectivity index (χ1v) is 10.2. The topological polar surface area (TPSA) is 66.4 Å². The summed E-state index contributed by atoms with van der Waals surface area (Å²) in [4.78, 5) is 2.24. The molecule has 4 nitrogen and oxygen atoms in total. The molecule has 1 unspecified atom stereocenters. The fraction of sp³-hybridized carbons (Fsp3) is 0.125. The third kappa shape index (κ3) is 3.90. The van der Waals surface area contributed by atoms with Crippen LogP contribution in [-0.2, 0) is 16.6 Å². The van der Waals surface area contributed by atoms with Gasteiger partial charge in [-0.25, -0.2) is 17.5 Å². The molecule has 3 aromatic rings. The van der Waals surface area contributed by atoms with E-state index in [4.69, 9.17) is 0 Å². The highest BCUT2D eigenvalue weighted by Gasteiger charge is 2.17. The average Bonchev–Trinajstić information content (AvgIpc) is 3.24. The highest BCUT2D eigenvalue weighted by atomic mass is 32.2. The predicted molar refractivity (Wildman–Crippen MR) is 93.1 cm³/mol. The molecule has 0 aliphatic rings. The Hall–Kier alpha value is -1.58. The number of hydrogen-bond donors (Lipinski definition) is 2. The Morgan fingerprint density at radius 3 is 2.67 bits per heavy atom. The highest BCUT2D eigenvalue weighted by Crippen LogP contribution is 2.31. The maximum Gasteiger partial charge on any atom is 0.240 e. The van der Waals surface area contributed by atoms with Crippen LogP contribution in [0.15, 0.2) is 58.8 Å². The lowest BCUT2D eigenvalue weighted by Crippen LogP contribution is -2.22. The van der Waals surface area contributed by atoms with E-state index in [1.165, 1.54) is 40.9 Å². The van der Waals surface area contributed by atoms with E-state index in [1.54, 1.807) is 12.1 Å². The minimum absolute atomic E-state index is 0.0840. The third-order valence-electron chi connectivity index (χ3n) is 3.31. The van der Waals surface area contributed by atoms with Crippen molar-refractivity contribution in [1.82, 2.24) is 4.72 Å². The molecule has 0 radical (unpaired) electrons. The number of rotatable bonds is 6. The summed E-state index contributed by atoms with van der Waals surface area (Å²) in [6, 6.07) is 12.1. The molecule has 0 fully saturated rings. The van der Waals surface area contributed by atoms with E-state index < -0.39 is 21.9 Å². The lowest BCUT2D eigenvalue weighted by molar-refractivity contribution is 0.228. The van der Waals surface area contributed by atoms with Gasteiger partial charge >= 0.3 is 0 Å². The van der Waals surface area contributed by atoms with Gasteiger partial charge in [-0.3, -0.25) is 0 Å². The Bertz CT molecular complexity index is 920. The van der Waals surface area contributed by atoms with Crippen molar-refractivity contribution in [1.29, 1.82) is 0 Å². The fourth-order valence-electron chi connectivity index (χ4n) is 2.11. The smallest absolute Gasteiger partial charge is 0.240 e. The van der Waals surface area contributed by atoms with Crippen LogP contribution in [0.4, 0.5) is 4.39 Å². The molecule has 2 heterocycles. The zero-order valence-electron chi connectivity index (χ0n) is 12.3. The number of aliphatic hydroxyl groups excluding tert-OH is 1. The molecule has 0 saturated heterocycles. The van der Waals surface area contributed by atoms with Crippen molar-refractivity contribution in [3.63, 3.8) is 0 Å². The van der Waals surface area contributed by atoms with Crippen molar-refractivity contribution in [2.45, 2.75) is 17.5 Å². The van der Waals surface area contributed by atoms with Crippen molar-refractivity contribution < 1.29 is 17.9 Å². The number of sulfonamides is 1. The molecule has 126 valence electrons. The fourth-order valence-corrected chi connectivity index (χ4v) is 5.00. The largest absolute Gasteiger partial charge is 0.382 e. The van der Waals surface area contributed by atoms with Crippen LogP contribution < -0.4 is 4.72 Å². The molecule has 2 aromatic heterocycles. The van der Waals surface area contributed by atoms with Crippen molar-refractivity contribution in [2.24, 2.45) is 0 Å². The zero-order valence-corrected chi connectivity index (χ0v) is 14.8. The van der Waals surface area contributed by atoms with Crippen LogP contribution in [0.5, 0.6) is 0 Å². The minimum Gasteiger partial charge on any atom is -0.382 e. The van der Waals surface area contributed by atoms with E-state index in [0.29, 0.717) is 0 Å². The summed E-state index contributed by atoms with van der Waals surface area (Å²) in [5, 5.41) is 12.2. The molecular weight excluding hydrogens is 369 g/mol. The Kier molecular flexibility index (Phi) is 5.12. The van der Waals surface area contributed by atoms with Crippen LogP contribution in [0.3, 0.4) is 0 Å². The number of halogens is 1. The number of aliphatic hydroxyl groups is 1. The van der Waals surface area contributed by atoms with E-state index in [-0.39, 0.29) is 11.4 Å². The van der Waals surface area contributed by atoms with Gasteiger partial charge in [0, 0.05) is 21.2 Å². The maximum atomic E-state index is 13.2. The summed E-state index contributed by atoms with van der Waals surface area (Å²) >= 11 is 2.79. The average molecular weight is 383 g/mol. The van der Waals surface area contributed by atoms with Gasteiger partial charge in [0.1, 0.15) is 11.9 Å². The van der Waals surface area contributed by atoms with E-state index in [9.17, 15) is 17.9 Å². The Labute approximate surface area is 147 Å². The van der Waals surface area contributed by atoms with Crippen molar-refractivity contribution in [3.05, 3.63) is 74.4 Å². The first-order chi connectivity index (χ1) is 11.5. The molecule has 0 spiro atoms. The molecule has 3 rings (SSSR count). The van der Waals surface area contributed by atoms with Gasteiger partial charge in [-0.15, -0.1) is 22.7 Å². The van der Waals surface area contributed by atoms with Gasteiger partial charge in [-0.05, 0) is 41.8 Å². The van der Waals surface area contributed by atoms with E-state index in [0.717, 1.165) is 20.7 Å². The second-order valence-corrected chi connectivity index (χ2v) is 8.95. The molecule has 0 aliphatic carbocycles. The summed E-state index contributed by atoms with van der Waals surface area (Å²) < 4.78 is 39.9. The number of thiophene rings is 2. The molecule has 0 aliphatic heterocycles. The lowest BCUT2D eigenvalue weighted by atomic mass is 10.2. The molecule has 1 atom stereocenters. The van der Waals surface area contributed by atoms with Crippen molar-refractivity contribution >= 4 is 32.7 Å². The van der Waals surface area contributed by atoms with Crippen LogP contribution in [0, 0.1) is 5.82 Å². The molecule has 0 saturated carbocycles. The maximum absolute atomic E-state index is 13.2. The molecule has 24 heavy (non-hydrogen) atoms. The summed E-state index contributed by atoms with van der Waals surface area (Å²) in [5.74, 6) is -0.602. The molecule has 1 aromatic carbocycles. The van der Waals surface area contributed by atoms with E-state index >= 15 is 0 Å². The SMILES string of the molecule is O=S(=O)(NCc1ccc(C(O)c2cccs2)s1)c1cccc(F)c1. The van der Waals surface area contributed by atoms with Crippen LogP contribution in [0.1, 0.15) is 20.7 Å². The molecule has 2 N–H and O–H groups in total. The van der Waals surface area contributed by atoms with Crippen molar-refractivity contribution in [2.75, 3.05) is 0 Å². The Balaban J connectivity index is 1.69. The summed E-state index contributed by atoms with van der Waals surface area (Å²) in [6.07, 6.45) is -0.705. The summed E-state index contributed by atoms with van der Waals surface area (Å²) in [5.41, 5.74) is 0. The monoisotopic (exact) mass is 383 g/mol. The van der Waals surface area contributed by atoms with Gasteiger partial charge in [0.15, 0.2) is 0 Å². The van der Waals surface area contributed by atoms with Crippen LogP contribution >= 0.6 is 22.7 Å². The minimum atomic E-state index is -3.78. The third-order valence-corrected chi connectivity index (χ3v) is 6.77. The highest BCUT2D eigenvalue weighted by molar-refractivity contribution is 7.89. The number of hydrogen-bond acceptors (Lipinski definition) is 5. The molecule has 0 amide bonds. The van der Waals surface area contributed by atoms with E-state index in [1.807, 2.05) is 17.5 Å². The van der Waals surface area contributed by atoms with Crippen LogP contribution in [0.2, 0.25) is 0 Å². The van der Waals surface area contributed by atoms with Gasteiger partial charge in [-0.1, -0.05) is 12.1 Å². The molecule has 0 bridgehead atoms. The van der Waals surface area contributed by atoms with Gasteiger partial charge in [-0.2, -0.15) is 0 Å². The quantitative estimate of drug-likeness (QED) is 0.685. The second-order valence-electron chi connectivity index (χ2n) is 5.00. The zero-order chi connectivity index (χ0) is 17.2. The normalized spacial score (nSPS) is 13.1. The first-order valence-electron chi connectivity index (χ1n) is 7.01.